The molecule has 0 aromatic carbocycles. The van der Waals surface area contributed by atoms with E-state index in [-0.39, 0.29) is 12.3 Å². The maximum absolute atomic E-state index is 10.5. The Morgan fingerprint density at radius 1 is 1.69 bits per heavy atom. The van der Waals surface area contributed by atoms with Gasteiger partial charge >= 0.3 is 0 Å². The summed E-state index contributed by atoms with van der Waals surface area (Å²) in [4.78, 5) is 14.5. The molecule has 0 aliphatic carbocycles. The van der Waals surface area contributed by atoms with Gasteiger partial charge in [-0.2, -0.15) is 0 Å². The largest absolute Gasteiger partial charge is 0.370 e. The van der Waals surface area contributed by atoms with Crippen LogP contribution in [-0.2, 0) is 4.79 Å². The van der Waals surface area contributed by atoms with Crippen molar-refractivity contribution in [3.8, 4) is 0 Å². The van der Waals surface area contributed by atoms with E-state index in [0.717, 1.165) is 11.3 Å². The molecular formula is C10H11N2O. The first-order chi connectivity index (χ1) is 6.22. The van der Waals surface area contributed by atoms with Crippen molar-refractivity contribution in [3.63, 3.8) is 0 Å². The number of carbonyl (C=O) groups is 1. The maximum Gasteiger partial charge on any atom is 0.218 e. The number of carbonyl (C=O) groups excluding carboxylic acids is 1. The molecule has 0 unspecified atom stereocenters. The van der Waals surface area contributed by atoms with Gasteiger partial charge in [-0.3, -0.25) is 9.78 Å². The van der Waals surface area contributed by atoms with Crippen LogP contribution in [-0.4, -0.2) is 10.9 Å². The van der Waals surface area contributed by atoms with Gasteiger partial charge < -0.3 is 5.73 Å². The van der Waals surface area contributed by atoms with Gasteiger partial charge in [0.2, 0.25) is 5.91 Å². The van der Waals surface area contributed by atoms with Crippen LogP contribution in [0.3, 0.4) is 0 Å². The fourth-order valence-electron chi connectivity index (χ4n) is 0.923. The van der Waals surface area contributed by atoms with Crippen molar-refractivity contribution in [3.05, 3.63) is 42.6 Å². The Hall–Kier alpha value is -1.64. The van der Waals surface area contributed by atoms with Crippen LogP contribution in [0, 0.1) is 6.42 Å². The minimum atomic E-state index is -0.336. The number of hydrogen-bond acceptors (Lipinski definition) is 2. The van der Waals surface area contributed by atoms with Crippen molar-refractivity contribution < 1.29 is 4.79 Å². The average Bonchev–Trinajstić information content (AvgIpc) is 2.15. The highest BCUT2D eigenvalue weighted by Crippen LogP contribution is 2.07. The first-order valence-corrected chi connectivity index (χ1v) is 3.92. The highest BCUT2D eigenvalue weighted by atomic mass is 16.1. The lowest BCUT2D eigenvalue weighted by molar-refractivity contribution is -0.117. The van der Waals surface area contributed by atoms with Gasteiger partial charge in [0.1, 0.15) is 0 Å². The van der Waals surface area contributed by atoms with Gasteiger partial charge in [0.25, 0.3) is 0 Å². The summed E-state index contributed by atoms with van der Waals surface area (Å²) in [5, 5.41) is 0. The van der Waals surface area contributed by atoms with Crippen molar-refractivity contribution in [2.24, 2.45) is 5.73 Å². The van der Waals surface area contributed by atoms with E-state index in [9.17, 15) is 4.79 Å². The van der Waals surface area contributed by atoms with Crippen molar-refractivity contribution >= 4 is 12.0 Å². The molecule has 1 amide bonds. The number of rotatable bonds is 4. The summed E-state index contributed by atoms with van der Waals surface area (Å²) in [5.41, 5.74) is 6.73. The van der Waals surface area contributed by atoms with E-state index >= 15 is 0 Å². The second-order valence-corrected chi connectivity index (χ2v) is 2.59. The number of hydrogen-bond donors (Lipinski definition) is 1. The molecule has 0 bridgehead atoms. The molecule has 0 saturated heterocycles. The Labute approximate surface area is 77.3 Å². The van der Waals surface area contributed by atoms with Gasteiger partial charge in [0, 0.05) is 19.0 Å². The second-order valence-electron chi connectivity index (χ2n) is 2.59. The fourth-order valence-corrected chi connectivity index (χ4v) is 0.923. The molecule has 13 heavy (non-hydrogen) atoms. The van der Waals surface area contributed by atoms with Crippen LogP contribution in [0.1, 0.15) is 17.7 Å². The van der Waals surface area contributed by atoms with Crippen molar-refractivity contribution in [1.82, 2.24) is 4.98 Å². The third-order valence-electron chi connectivity index (χ3n) is 1.55. The third kappa shape index (κ3) is 3.07. The Bertz CT molecular complexity index is 320. The summed E-state index contributed by atoms with van der Waals surface area (Å²) in [6.45, 7) is 3.60. The molecule has 0 spiro atoms. The Morgan fingerprint density at radius 3 is 3.08 bits per heavy atom. The molecular weight excluding hydrogens is 164 g/mol. The molecule has 0 saturated carbocycles. The molecule has 1 aromatic heterocycles. The zero-order chi connectivity index (χ0) is 9.68. The van der Waals surface area contributed by atoms with Crippen LogP contribution >= 0.6 is 0 Å². The normalized spacial score (nSPS) is 9.54. The lowest BCUT2D eigenvalue weighted by Crippen LogP contribution is -2.10. The van der Waals surface area contributed by atoms with E-state index in [1.807, 2.05) is 12.1 Å². The maximum atomic E-state index is 10.5. The van der Waals surface area contributed by atoms with Crippen LogP contribution in [0.4, 0.5) is 0 Å². The van der Waals surface area contributed by atoms with Crippen LogP contribution in [0.25, 0.3) is 6.08 Å². The molecule has 3 heteroatoms. The minimum Gasteiger partial charge on any atom is -0.370 e. The Balaban J connectivity index is 2.66. The average molecular weight is 175 g/mol. The molecule has 0 aliphatic heterocycles. The number of pyridine rings is 1. The van der Waals surface area contributed by atoms with Gasteiger partial charge in [-0.15, -0.1) is 0 Å². The molecule has 0 aliphatic rings. The monoisotopic (exact) mass is 175 g/mol. The van der Waals surface area contributed by atoms with E-state index in [1.165, 1.54) is 0 Å². The quantitative estimate of drug-likeness (QED) is 0.746. The lowest BCUT2D eigenvalue weighted by atomic mass is 10.1. The van der Waals surface area contributed by atoms with E-state index in [2.05, 4.69) is 11.6 Å². The highest BCUT2D eigenvalue weighted by Gasteiger charge is 1.98. The van der Waals surface area contributed by atoms with Crippen LogP contribution < -0.4 is 5.73 Å². The molecule has 67 valence electrons. The third-order valence-corrected chi connectivity index (χ3v) is 1.55. The van der Waals surface area contributed by atoms with Crippen LogP contribution in [0.15, 0.2) is 24.9 Å². The summed E-state index contributed by atoms with van der Waals surface area (Å²) >= 11 is 0. The highest BCUT2D eigenvalue weighted by molar-refractivity contribution is 5.75. The molecule has 0 fully saturated rings. The standard InChI is InChI=1S/C10H11N2O/c1-2-9-7-8(5-6-12-9)3-4-10(11)13/h2-3,5-7H,1,4H2,(H2,11,13). The SMILES string of the molecule is C=Cc1cc([CH]CC(N)=O)ccn1. The summed E-state index contributed by atoms with van der Waals surface area (Å²) in [6, 6.07) is 3.66. The van der Waals surface area contributed by atoms with Crippen molar-refractivity contribution in [2.45, 2.75) is 6.42 Å². The summed E-state index contributed by atoms with van der Waals surface area (Å²) < 4.78 is 0. The first kappa shape index (κ1) is 9.45. The lowest BCUT2D eigenvalue weighted by Gasteiger charge is -1.98. The summed E-state index contributed by atoms with van der Waals surface area (Å²) in [5.74, 6) is -0.336. The van der Waals surface area contributed by atoms with E-state index in [4.69, 9.17) is 5.73 Å². The van der Waals surface area contributed by atoms with E-state index in [1.54, 1.807) is 18.7 Å². The van der Waals surface area contributed by atoms with E-state index in [0.29, 0.717) is 0 Å². The molecule has 3 nitrogen and oxygen atoms in total. The number of aromatic nitrogens is 1. The predicted octanol–water partition coefficient (Wildman–Crippen LogP) is 1.15. The predicted molar refractivity (Wildman–Crippen MR) is 51.5 cm³/mol. The zero-order valence-electron chi connectivity index (χ0n) is 7.23. The molecule has 1 radical (unpaired) electrons. The molecule has 0 atom stereocenters. The van der Waals surface area contributed by atoms with Crippen LogP contribution in [0.2, 0.25) is 0 Å². The zero-order valence-corrected chi connectivity index (χ0v) is 7.23. The fraction of sp³-hybridized carbons (Fsp3) is 0.100. The minimum absolute atomic E-state index is 0.251. The topological polar surface area (TPSA) is 56.0 Å². The number of primary amides is 1. The molecule has 2 N–H and O–H groups in total. The van der Waals surface area contributed by atoms with Gasteiger partial charge in [-0.25, -0.2) is 0 Å². The van der Waals surface area contributed by atoms with Gasteiger partial charge in [0.05, 0.1) is 5.69 Å². The molecule has 1 rings (SSSR count). The van der Waals surface area contributed by atoms with Gasteiger partial charge in [-0.1, -0.05) is 6.58 Å². The molecule has 1 heterocycles. The second kappa shape index (κ2) is 4.40. The number of nitrogens with two attached hydrogens (primary N) is 1. The number of amides is 1. The van der Waals surface area contributed by atoms with Gasteiger partial charge in [0.15, 0.2) is 0 Å². The summed E-state index contributed by atoms with van der Waals surface area (Å²) in [7, 11) is 0. The van der Waals surface area contributed by atoms with Gasteiger partial charge in [-0.05, 0) is 23.8 Å². The van der Waals surface area contributed by atoms with Crippen molar-refractivity contribution in [2.75, 3.05) is 0 Å². The Morgan fingerprint density at radius 2 is 2.46 bits per heavy atom. The van der Waals surface area contributed by atoms with Crippen LogP contribution in [0.5, 0.6) is 0 Å². The van der Waals surface area contributed by atoms with Crippen molar-refractivity contribution in [1.29, 1.82) is 0 Å². The Kier molecular flexibility index (Phi) is 3.20. The first-order valence-electron chi connectivity index (χ1n) is 3.92. The van der Waals surface area contributed by atoms with E-state index < -0.39 is 0 Å². The smallest absolute Gasteiger partial charge is 0.218 e. The number of nitrogens with zero attached hydrogens (tertiary/aromatic N) is 1. The molecule has 1 aromatic rings. The summed E-state index contributed by atoms with van der Waals surface area (Å²) in [6.07, 6.45) is 5.34.